The number of aliphatic hydroxyl groups is 1. The minimum absolute atomic E-state index is 0.0125. The number of hydrogen-bond acceptors (Lipinski definition) is 7. The number of likely N-dealkylation sites (tertiary alicyclic amines) is 2. The highest BCUT2D eigenvalue weighted by atomic mass is 19.1. The lowest BCUT2D eigenvalue weighted by Crippen LogP contribution is -2.50. The predicted octanol–water partition coefficient (Wildman–Crippen LogP) is 8.14. The third-order valence-corrected chi connectivity index (χ3v) is 8.12. The molecule has 2 saturated heterocycles. The number of carbonyl (C=O) groups excluding carboxylic acids is 3. The maximum absolute atomic E-state index is 13.6. The molecule has 0 aliphatic carbocycles. The first-order chi connectivity index (χ1) is 21.1. The summed E-state index contributed by atoms with van der Waals surface area (Å²) in [4.78, 5) is 43.9. The van der Waals surface area contributed by atoms with Crippen LogP contribution in [0.4, 0.5) is 14.0 Å². The molecule has 1 N–H and O–H groups in total. The van der Waals surface area contributed by atoms with Crippen LogP contribution in [0.15, 0.2) is 18.5 Å². The van der Waals surface area contributed by atoms with E-state index < -0.39 is 35.3 Å². The van der Waals surface area contributed by atoms with Crippen molar-refractivity contribution in [1.29, 1.82) is 0 Å². The van der Waals surface area contributed by atoms with Gasteiger partial charge >= 0.3 is 12.2 Å². The number of aromatic nitrogens is 1. The fourth-order valence-corrected chi connectivity index (χ4v) is 6.25. The Balaban J connectivity index is 0.000000330. The molecule has 2 aliphatic rings. The van der Waals surface area contributed by atoms with E-state index in [9.17, 15) is 23.9 Å². The molecule has 0 unspecified atom stereocenters. The topological polar surface area (TPSA) is 109 Å². The van der Waals surface area contributed by atoms with Crippen LogP contribution in [-0.2, 0) is 14.3 Å². The number of rotatable bonds is 7. The van der Waals surface area contributed by atoms with Crippen LogP contribution in [0.25, 0.3) is 0 Å². The average molecular weight is 636 g/mol. The lowest BCUT2D eigenvalue weighted by molar-refractivity contribution is -0.113. The highest BCUT2D eigenvalue weighted by Crippen LogP contribution is 2.34. The van der Waals surface area contributed by atoms with E-state index in [2.05, 4.69) is 18.8 Å². The van der Waals surface area contributed by atoms with E-state index in [0.29, 0.717) is 12.0 Å². The summed E-state index contributed by atoms with van der Waals surface area (Å²) >= 11 is 0. The second kappa shape index (κ2) is 17.8. The van der Waals surface area contributed by atoms with Gasteiger partial charge in [-0.3, -0.25) is 14.8 Å². The van der Waals surface area contributed by atoms with Gasteiger partial charge in [-0.1, -0.05) is 52.4 Å². The quantitative estimate of drug-likeness (QED) is 0.301. The summed E-state index contributed by atoms with van der Waals surface area (Å²) in [6.07, 6.45) is 12.7. The predicted molar refractivity (Wildman–Crippen MR) is 173 cm³/mol. The van der Waals surface area contributed by atoms with Crippen molar-refractivity contribution in [3.8, 4) is 0 Å². The molecule has 3 rings (SSSR count). The maximum atomic E-state index is 13.6. The summed E-state index contributed by atoms with van der Waals surface area (Å²) < 4.78 is 24.7. The van der Waals surface area contributed by atoms with Gasteiger partial charge in [-0.2, -0.15) is 0 Å². The van der Waals surface area contributed by atoms with E-state index in [1.165, 1.54) is 12.3 Å². The zero-order valence-corrected chi connectivity index (χ0v) is 28.9. The number of aliphatic hydroxyl groups excluding tert-OH is 1. The number of amides is 2. The van der Waals surface area contributed by atoms with Crippen molar-refractivity contribution >= 4 is 18.5 Å². The number of aldehydes is 1. The first-order valence-corrected chi connectivity index (χ1v) is 16.9. The lowest BCUT2D eigenvalue weighted by Gasteiger charge is -2.39. The number of nitrogens with zero attached hydrogens (tertiary/aromatic N) is 3. The fourth-order valence-electron chi connectivity index (χ4n) is 6.25. The molecule has 1 aromatic heterocycles. The van der Waals surface area contributed by atoms with Gasteiger partial charge in [0.05, 0.1) is 18.3 Å². The molecule has 0 spiro atoms. The van der Waals surface area contributed by atoms with Crippen molar-refractivity contribution in [3.63, 3.8) is 0 Å². The molecule has 0 saturated carbocycles. The van der Waals surface area contributed by atoms with E-state index in [1.807, 2.05) is 41.5 Å². The number of ether oxygens (including phenoxy) is 2. The van der Waals surface area contributed by atoms with Crippen molar-refractivity contribution in [3.05, 3.63) is 29.8 Å². The molecule has 256 valence electrons. The molecule has 0 radical (unpaired) electrons. The van der Waals surface area contributed by atoms with Crippen LogP contribution in [0.3, 0.4) is 0 Å². The highest BCUT2D eigenvalue weighted by molar-refractivity contribution is 5.74. The minimum atomic E-state index is -0.997. The molecule has 2 aliphatic heterocycles. The highest BCUT2D eigenvalue weighted by Gasteiger charge is 2.39. The van der Waals surface area contributed by atoms with Crippen LogP contribution in [-0.4, -0.2) is 73.7 Å². The van der Waals surface area contributed by atoms with Crippen LogP contribution < -0.4 is 0 Å². The Morgan fingerprint density at radius 1 is 0.889 bits per heavy atom. The molecule has 2 fully saturated rings. The lowest BCUT2D eigenvalue weighted by atomic mass is 9.98. The maximum Gasteiger partial charge on any atom is 0.411 e. The average Bonchev–Trinajstić information content (AvgIpc) is 3.28. The van der Waals surface area contributed by atoms with Gasteiger partial charge in [-0.25, -0.2) is 14.0 Å². The van der Waals surface area contributed by atoms with E-state index >= 15 is 0 Å². The molecule has 5 atom stereocenters. The van der Waals surface area contributed by atoms with Crippen molar-refractivity contribution in [2.45, 2.75) is 174 Å². The SMILES string of the molecule is CCC[C@@H]1CCCC[C@H](C=O)N1C(=O)OC(C)(C)C.CCC[C@@H]1CCCC[C@H]([C@H](O)c2cncc(F)c2)N1C(=O)OC(C)(C)C. The zero-order valence-electron chi connectivity index (χ0n) is 28.9. The molecule has 3 heterocycles. The minimum Gasteiger partial charge on any atom is -0.444 e. The van der Waals surface area contributed by atoms with Gasteiger partial charge in [-0.05, 0) is 86.1 Å². The molecular weight excluding hydrogens is 577 g/mol. The fraction of sp³-hybridized carbons (Fsp3) is 0.771. The Morgan fingerprint density at radius 3 is 1.87 bits per heavy atom. The van der Waals surface area contributed by atoms with Gasteiger partial charge in [0.2, 0.25) is 0 Å². The number of pyridine rings is 1. The molecule has 0 bridgehead atoms. The number of halogens is 1. The van der Waals surface area contributed by atoms with Crippen molar-refractivity contribution < 1.29 is 33.4 Å². The normalized spacial score (nSPS) is 23.5. The number of hydrogen-bond donors (Lipinski definition) is 1. The molecule has 2 amide bonds. The van der Waals surface area contributed by atoms with Gasteiger partial charge in [0.1, 0.15) is 29.4 Å². The first kappa shape index (κ1) is 38.4. The van der Waals surface area contributed by atoms with Crippen molar-refractivity contribution in [2.75, 3.05) is 0 Å². The summed E-state index contributed by atoms with van der Waals surface area (Å²) in [5.74, 6) is -0.496. The largest absolute Gasteiger partial charge is 0.444 e. The molecular formula is C35H58FN3O6. The van der Waals surface area contributed by atoms with Crippen LogP contribution in [0.5, 0.6) is 0 Å². The van der Waals surface area contributed by atoms with Gasteiger partial charge in [-0.15, -0.1) is 0 Å². The van der Waals surface area contributed by atoms with E-state index in [1.54, 1.807) is 9.80 Å². The Hall–Kier alpha value is -2.75. The molecule has 0 aromatic carbocycles. The molecule has 1 aromatic rings. The van der Waals surface area contributed by atoms with Crippen LogP contribution >= 0.6 is 0 Å². The van der Waals surface area contributed by atoms with Gasteiger partial charge in [0, 0.05) is 23.8 Å². The Morgan fingerprint density at radius 2 is 1.38 bits per heavy atom. The molecule has 9 nitrogen and oxygen atoms in total. The van der Waals surface area contributed by atoms with Gasteiger partial charge < -0.3 is 19.4 Å². The Kier molecular flexibility index (Phi) is 15.2. The zero-order chi connectivity index (χ0) is 33.8. The van der Waals surface area contributed by atoms with Gasteiger partial charge in [0.15, 0.2) is 0 Å². The van der Waals surface area contributed by atoms with E-state index in [-0.39, 0.29) is 24.2 Å². The second-order valence-electron chi connectivity index (χ2n) is 14.4. The third kappa shape index (κ3) is 12.5. The van der Waals surface area contributed by atoms with Crippen LogP contribution in [0.2, 0.25) is 0 Å². The van der Waals surface area contributed by atoms with E-state index in [0.717, 1.165) is 83.1 Å². The van der Waals surface area contributed by atoms with E-state index in [4.69, 9.17) is 9.47 Å². The summed E-state index contributed by atoms with van der Waals surface area (Å²) in [6, 6.07) is 0.655. The smallest absolute Gasteiger partial charge is 0.411 e. The Labute approximate surface area is 270 Å². The molecule has 45 heavy (non-hydrogen) atoms. The third-order valence-electron chi connectivity index (χ3n) is 8.12. The monoisotopic (exact) mass is 635 g/mol. The van der Waals surface area contributed by atoms with Gasteiger partial charge in [0.25, 0.3) is 0 Å². The summed E-state index contributed by atoms with van der Waals surface area (Å²) in [7, 11) is 0. The molecule has 10 heteroatoms. The summed E-state index contributed by atoms with van der Waals surface area (Å²) in [5, 5.41) is 10.9. The summed E-state index contributed by atoms with van der Waals surface area (Å²) in [5.41, 5.74) is -0.746. The standard InChI is InChI=1S/C20H31FN2O3.C15H27NO3/c1-5-8-16-9-6-7-10-17(23(16)19(25)26-20(2,3)4)18(24)14-11-15(21)13-22-12-14;1-5-8-12-9-6-7-10-13(11-17)16(12)14(18)19-15(2,3)4/h11-13,16-18,24H,5-10H2,1-4H3;11-13H,5-10H2,1-4H3/t16-,17-,18-;12-,13-/m11/s1. The number of carbonyl (C=O) groups is 3. The summed E-state index contributed by atoms with van der Waals surface area (Å²) in [6.45, 7) is 15.3. The van der Waals surface area contributed by atoms with Crippen molar-refractivity contribution in [1.82, 2.24) is 14.8 Å². The Bertz CT molecular complexity index is 1070. The van der Waals surface area contributed by atoms with Crippen molar-refractivity contribution in [2.24, 2.45) is 0 Å². The first-order valence-electron chi connectivity index (χ1n) is 16.9. The second-order valence-corrected chi connectivity index (χ2v) is 14.4. The van der Waals surface area contributed by atoms with Crippen LogP contribution in [0.1, 0.15) is 144 Å². The van der Waals surface area contributed by atoms with Crippen LogP contribution in [0, 0.1) is 5.82 Å².